The highest BCUT2D eigenvalue weighted by Crippen LogP contribution is 2.14. The Labute approximate surface area is 148 Å². The maximum atomic E-state index is 12.4. The molecule has 6 nitrogen and oxygen atoms in total. The molecule has 0 bridgehead atoms. The second kappa shape index (κ2) is 6.94. The Morgan fingerprint density at radius 2 is 1.76 bits per heavy atom. The molecule has 2 aromatic carbocycles. The van der Waals surface area contributed by atoms with Crippen LogP contribution in [0.5, 0.6) is 0 Å². The van der Waals surface area contributed by atoms with Crippen molar-refractivity contribution in [2.45, 2.75) is 13.1 Å². The Kier molecular flexibility index (Phi) is 4.72. The van der Waals surface area contributed by atoms with Gasteiger partial charge in [0, 0.05) is 18.6 Å². The number of aromatic nitrogens is 2. The molecule has 1 N–H and O–H groups in total. The zero-order valence-corrected chi connectivity index (χ0v) is 14.3. The topological polar surface area (TPSA) is 73.1 Å². The van der Waals surface area contributed by atoms with Crippen LogP contribution in [0.3, 0.4) is 0 Å². The summed E-state index contributed by atoms with van der Waals surface area (Å²) >= 11 is 6.06. The van der Waals surface area contributed by atoms with E-state index in [4.69, 9.17) is 11.6 Å². The van der Waals surface area contributed by atoms with E-state index in [0.29, 0.717) is 15.9 Å². The van der Waals surface area contributed by atoms with Crippen LogP contribution >= 0.6 is 11.6 Å². The summed E-state index contributed by atoms with van der Waals surface area (Å²) in [4.78, 5) is 36.8. The number of carbonyl (C=O) groups is 1. The summed E-state index contributed by atoms with van der Waals surface area (Å²) in [6, 6.07) is 13.9. The van der Waals surface area contributed by atoms with Crippen LogP contribution in [0.2, 0.25) is 5.02 Å². The molecule has 0 aliphatic heterocycles. The quantitative estimate of drug-likeness (QED) is 0.772. The largest absolute Gasteiger partial charge is 0.350 e. The molecule has 1 heterocycles. The number of halogens is 1. The van der Waals surface area contributed by atoms with E-state index in [1.54, 1.807) is 30.3 Å². The first-order chi connectivity index (χ1) is 12.0. The van der Waals surface area contributed by atoms with Crippen LogP contribution in [0.25, 0.3) is 10.9 Å². The minimum atomic E-state index is -0.531. The van der Waals surface area contributed by atoms with Gasteiger partial charge >= 0.3 is 5.69 Å². The molecule has 1 amide bonds. The lowest BCUT2D eigenvalue weighted by atomic mass is 10.2. The Hall–Kier alpha value is -2.86. The molecule has 0 aliphatic rings. The van der Waals surface area contributed by atoms with Crippen LogP contribution in [-0.2, 0) is 24.9 Å². The van der Waals surface area contributed by atoms with E-state index in [9.17, 15) is 14.4 Å². The number of nitrogens with zero attached hydrogens (tertiary/aromatic N) is 2. The minimum Gasteiger partial charge on any atom is -0.350 e. The second-order valence-corrected chi connectivity index (χ2v) is 6.03. The molecule has 0 radical (unpaired) electrons. The number of hydrogen-bond donors (Lipinski definition) is 1. The van der Waals surface area contributed by atoms with Crippen molar-refractivity contribution in [2.75, 3.05) is 0 Å². The Balaban J connectivity index is 1.88. The average molecular weight is 358 g/mol. The van der Waals surface area contributed by atoms with Gasteiger partial charge in [0.25, 0.3) is 5.56 Å². The molecule has 3 rings (SSSR count). The van der Waals surface area contributed by atoms with Crippen molar-refractivity contribution in [3.05, 3.63) is 80.0 Å². The number of nitrogens with one attached hydrogen (secondary N) is 1. The van der Waals surface area contributed by atoms with Crippen LogP contribution in [0.15, 0.2) is 58.1 Å². The van der Waals surface area contributed by atoms with E-state index in [2.05, 4.69) is 5.32 Å². The number of hydrogen-bond acceptors (Lipinski definition) is 3. The lowest BCUT2D eigenvalue weighted by Crippen LogP contribution is -2.41. The average Bonchev–Trinajstić information content (AvgIpc) is 2.63. The first-order valence-corrected chi connectivity index (χ1v) is 8.05. The summed E-state index contributed by atoms with van der Waals surface area (Å²) in [5.41, 5.74) is 0.309. The van der Waals surface area contributed by atoms with Crippen molar-refractivity contribution in [3.63, 3.8) is 0 Å². The van der Waals surface area contributed by atoms with E-state index >= 15 is 0 Å². The van der Waals surface area contributed by atoms with Crippen molar-refractivity contribution in [2.24, 2.45) is 7.05 Å². The zero-order valence-electron chi connectivity index (χ0n) is 13.5. The first kappa shape index (κ1) is 17.0. The van der Waals surface area contributed by atoms with E-state index in [1.165, 1.54) is 11.6 Å². The molecule has 0 unspecified atom stereocenters. The van der Waals surface area contributed by atoms with Crippen molar-refractivity contribution < 1.29 is 4.79 Å². The highest BCUT2D eigenvalue weighted by Gasteiger charge is 2.13. The molecule has 0 saturated heterocycles. The maximum Gasteiger partial charge on any atom is 0.331 e. The number of rotatable bonds is 4. The van der Waals surface area contributed by atoms with Gasteiger partial charge in [0.1, 0.15) is 6.54 Å². The van der Waals surface area contributed by atoms with E-state index in [0.717, 1.165) is 10.1 Å². The molecule has 1 aromatic heterocycles. The van der Waals surface area contributed by atoms with Gasteiger partial charge in [0.15, 0.2) is 0 Å². The minimum absolute atomic E-state index is 0.183. The summed E-state index contributed by atoms with van der Waals surface area (Å²) in [5.74, 6) is -0.342. The van der Waals surface area contributed by atoms with Gasteiger partial charge in [-0.05, 0) is 23.8 Å². The Morgan fingerprint density at radius 3 is 2.52 bits per heavy atom. The summed E-state index contributed by atoms with van der Waals surface area (Å²) in [5, 5.41) is 3.70. The lowest BCUT2D eigenvalue weighted by molar-refractivity contribution is -0.121. The maximum absolute atomic E-state index is 12.4. The molecule has 3 aromatic rings. The van der Waals surface area contributed by atoms with Crippen molar-refractivity contribution in [3.8, 4) is 0 Å². The van der Waals surface area contributed by atoms with E-state index in [1.807, 2.05) is 18.2 Å². The van der Waals surface area contributed by atoms with Crippen molar-refractivity contribution in [1.82, 2.24) is 14.5 Å². The number of benzene rings is 2. The monoisotopic (exact) mass is 357 g/mol. The highest BCUT2D eigenvalue weighted by molar-refractivity contribution is 6.31. The third kappa shape index (κ3) is 3.34. The predicted molar refractivity (Wildman–Crippen MR) is 96.7 cm³/mol. The highest BCUT2D eigenvalue weighted by atomic mass is 35.5. The van der Waals surface area contributed by atoms with E-state index < -0.39 is 5.69 Å². The van der Waals surface area contributed by atoms with Crippen LogP contribution in [0.4, 0.5) is 0 Å². The van der Waals surface area contributed by atoms with Gasteiger partial charge in [0.2, 0.25) is 5.91 Å². The molecular formula is C18H16ClN3O3. The molecule has 0 atom stereocenters. The Bertz CT molecular complexity index is 1070. The van der Waals surface area contributed by atoms with E-state index in [-0.39, 0.29) is 24.6 Å². The normalized spacial score (nSPS) is 10.8. The molecule has 0 spiro atoms. The molecule has 0 aliphatic carbocycles. The van der Waals surface area contributed by atoms with Crippen LogP contribution < -0.4 is 16.6 Å². The molecule has 7 heteroatoms. The fraction of sp³-hybridized carbons (Fsp3) is 0.167. The first-order valence-electron chi connectivity index (χ1n) is 7.67. The second-order valence-electron chi connectivity index (χ2n) is 5.62. The molecule has 128 valence electrons. The van der Waals surface area contributed by atoms with Gasteiger partial charge in [-0.1, -0.05) is 41.9 Å². The predicted octanol–water partition coefficient (Wildman–Crippen LogP) is 1.67. The number of carbonyl (C=O) groups excluding carboxylic acids is 1. The zero-order chi connectivity index (χ0) is 18.0. The van der Waals surface area contributed by atoms with Gasteiger partial charge < -0.3 is 5.32 Å². The number of para-hydroxylation sites is 1. The standard InChI is InChI=1S/C18H16ClN3O3/c1-21-17(24)13-7-3-5-9-15(13)22(18(21)25)11-16(23)20-10-12-6-2-4-8-14(12)19/h2-9H,10-11H2,1H3,(H,20,23). The fourth-order valence-electron chi connectivity index (χ4n) is 2.63. The smallest absolute Gasteiger partial charge is 0.331 e. The van der Waals surface area contributed by atoms with Gasteiger partial charge in [-0.15, -0.1) is 0 Å². The molecule has 0 fully saturated rings. The van der Waals surface area contributed by atoms with Crippen LogP contribution in [0, 0.1) is 0 Å². The third-order valence-corrected chi connectivity index (χ3v) is 4.35. The van der Waals surface area contributed by atoms with Crippen molar-refractivity contribution in [1.29, 1.82) is 0 Å². The van der Waals surface area contributed by atoms with Gasteiger partial charge in [0.05, 0.1) is 10.9 Å². The van der Waals surface area contributed by atoms with Gasteiger partial charge in [-0.25, -0.2) is 4.79 Å². The molecule has 0 saturated carbocycles. The van der Waals surface area contributed by atoms with Crippen LogP contribution in [0.1, 0.15) is 5.56 Å². The fourth-order valence-corrected chi connectivity index (χ4v) is 2.83. The summed E-state index contributed by atoms with van der Waals surface area (Å²) < 4.78 is 2.29. The SMILES string of the molecule is Cn1c(=O)c2ccccc2n(CC(=O)NCc2ccccc2Cl)c1=O. The number of amides is 1. The summed E-state index contributed by atoms with van der Waals surface area (Å²) in [6.45, 7) is 0.0782. The summed E-state index contributed by atoms with van der Waals surface area (Å²) in [7, 11) is 1.40. The summed E-state index contributed by atoms with van der Waals surface area (Å²) in [6.07, 6.45) is 0. The lowest BCUT2D eigenvalue weighted by Gasteiger charge is -2.12. The Morgan fingerprint density at radius 1 is 1.08 bits per heavy atom. The van der Waals surface area contributed by atoms with Gasteiger partial charge in [-0.3, -0.25) is 18.7 Å². The molecular weight excluding hydrogens is 342 g/mol. The van der Waals surface area contributed by atoms with Crippen LogP contribution in [-0.4, -0.2) is 15.0 Å². The number of fused-ring (bicyclic) bond motifs is 1. The molecule has 25 heavy (non-hydrogen) atoms. The van der Waals surface area contributed by atoms with Gasteiger partial charge in [-0.2, -0.15) is 0 Å². The van der Waals surface area contributed by atoms with Crippen molar-refractivity contribution >= 4 is 28.4 Å². The third-order valence-electron chi connectivity index (χ3n) is 3.98.